The molecule has 1 N–H and O–H groups in total. The third kappa shape index (κ3) is 3.24. The number of amides is 1. The normalized spacial score (nSPS) is 17.4. The SMILES string of the molecule is CCn1c([C@H]2CCCN(C(=O)c3c(C)[nH]c(C(C)=O)c3C)C2)nn(C)c1=O. The number of aromatic nitrogens is 4. The number of Topliss-reactive ketones (excluding diaryl/α,β-unsaturated/α-hetero) is 1. The first-order valence-corrected chi connectivity index (χ1v) is 9.39. The van der Waals surface area contributed by atoms with Crippen LogP contribution in [0.1, 0.15) is 70.5 Å². The number of H-pyrrole nitrogens is 1. The summed E-state index contributed by atoms with van der Waals surface area (Å²) in [6.07, 6.45) is 1.75. The van der Waals surface area contributed by atoms with Gasteiger partial charge in [0.2, 0.25) is 0 Å². The van der Waals surface area contributed by atoms with Crippen molar-refractivity contribution in [1.82, 2.24) is 24.2 Å². The van der Waals surface area contributed by atoms with Crippen molar-refractivity contribution in [3.05, 3.63) is 38.8 Å². The van der Waals surface area contributed by atoms with Gasteiger partial charge in [-0.25, -0.2) is 9.48 Å². The van der Waals surface area contributed by atoms with Crippen molar-refractivity contribution >= 4 is 11.7 Å². The van der Waals surface area contributed by atoms with Crippen molar-refractivity contribution in [2.24, 2.45) is 7.05 Å². The summed E-state index contributed by atoms with van der Waals surface area (Å²) in [7, 11) is 1.65. The van der Waals surface area contributed by atoms with Crippen LogP contribution in [0.4, 0.5) is 0 Å². The fourth-order valence-electron chi connectivity index (χ4n) is 4.08. The second kappa shape index (κ2) is 7.17. The van der Waals surface area contributed by atoms with E-state index >= 15 is 0 Å². The predicted molar refractivity (Wildman–Crippen MR) is 101 cm³/mol. The number of hydrogen-bond acceptors (Lipinski definition) is 4. The van der Waals surface area contributed by atoms with E-state index in [-0.39, 0.29) is 23.3 Å². The lowest BCUT2D eigenvalue weighted by molar-refractivity contribution is 0.0702. The Balaban J connectivity index is 1.89. The van der Waals surface area contributed by atoms with E-state index in [4.69, 9.17) is 0 Å². The summed E-state index contributed by atoms with van der Waals surface area (Å²) in [5.41, 5.74) is 2.37. The minimum absolute atomic E-state index is 0.0309. The van der Waals surface area contributed by atoms with Gasteiger partial charge < -0.3 is 9.88 Å². The highest BCUT2D eigenvalue weighted by molar-refractivity contribution is 6.02. The third-order valence-corrected chi connectivity index (χ3v) is 5.43. The summed E-state index contributed by atoms with van der Waals surface area (Å²) in [6.45, 7) is 8.80. The number of likely N-dealkylation sites (tertiary alicyclic amines) is 1. The van der Waals surface area contributed by atoms with Crippen LogP contribution in [-0.2, 0) is 13.6 Å². The molecule has 3 rings (SSSR count). The summed E-state index contributed by atoms with van der Waals surface area (Å²) in [6, 6.07) is 0. The maximum Gasteiger partial charge on any atom is 0.345 e. The summed E-state index contributed by atoms with van der Waals surface area (Å²) in [4.78, 5) is 42.0. The highest BCUT2D eigenvalue weighted by Crippen LogP contribution is 2.28. The first-order chi connectivity index (χ1) is 12.8. The average molecular weight is 373 g/mol. The number of ketones is 1. The smallest absolute Gasteiger partial charge is 0.345 e. The second-order valence-corrected chi connectivity index (χ2v) is 7.28. The van der Waals surface area contributed by atoms with Gasteiger partial charge >= 0.3 is 5.69 Å². The lowest BCUT2D eigenvalue weighted by atomic mass is 9.96. The van der Waals surface area contributed by atoms with Gasteiger partial charge in [0.25, 0.3) is 5.91 Å². The Kier molecular flexibility index (Phi) is 5.08. The lowest BCUT2D eigenvalue weighted by Crippen LogP contribution is -2.40. The van der Waals surface area contributed by atoms with E-state index in [1.54, 1.807) is 11.6 Å². The topological polar surface area (TPSA) is 93.0 Å². The molecule has 1 atom stereocenters. The first kappa shape index (κ1) is 19.1. The minimum atomic E-state index is -0.126. The highest BCUT2D eigenvalue weighted by Gasteiger charge is 2.31. The molecule has 2 aromatic rings. The molecule has 146 valence electrons. The van der Waals surface area contributed by atoms with E-state index < -0.39 is 0 Å². The standard InChI is InChI=1S/C19H27N5O3/c1-6-24-17(21-22(5)19(24)27)14-8-7-9-23(10-14)18(26)15-11(2)16(13(4)25)20-12(15)3/h14,20H,6-10H2,1-5H3/t14-/m0/s1. The molecule has 8 nitrogen and oxygen atoms in total. The Morgan fingerprint density at radius 1 is 1.30 bits per heavy atom. The monoisotopic (exact) mass is 373 g/mol. The number of carbonyl (C=O) groups is 2. The maximum absolute atomic E-state index is 13.2. The van der Waals surface area contributed by atoms with Crippen LogP contribution in [-0.4, -0.2) is 49.0 Å². The van der Waals surface area contributed by atoms with Crippen LogP contribution in [0.5, 0.6) is 0 Å². The minimum Gasteiger partial charge on any atom is -0.355 e. The average Bonchev–Trinajstić information content (AvgIpc) is 3.10. The van der Waals surface area contributed by atoms with Crippen LogP contribution >= 0.6 is 0 Å². The fourth-order valence-corrected chi connectivity index (χ4v) is 4.08. The van der Waals surface area contributed by atoms with Crippen molar-refractivity contribution in [3.63, 3.8) is 0 Å². The Bertz CT molecular complexity index is 949. The van der Waals surface area contributed by atoms with E-state index in [0.717, 1.165) is 18.7 Å². The largest absolute Gasteiger partial charge is 0.355 e. The van der Waals surface area contributed by atoms with Crippen molar-refractivity contribution in [1.29, 1.82) is 0 Å². The van der Waals surface area contributed by atoms with Crippen molar-refractivity contribution in [2.75, 3.05) is 13.1 Å². The van der Waals surface area contributed by atoms with E-state index in [1.807, 2.05) is 25.7 Å². The molecule has 8 heteroatoms. The third-order valence-electron chi connectivity index (χ3n) is 5.43. The summed E-state index contributed by atoms with van der Waals surface area (Å²) in [5, 5.41) is 4.41. The van der Waals surface area contributed by atoms with Gasteiger partial charge in [0, 0.05) is 45.2 Å². The fraction of sp³-hybridized carbons (Fsp3) is 0.579. The zero-order valence-electron chi connectivity index (χ0n) is 16.6. The van der Waals surface area contributed by atoms with Crippen molar-refractivity contribution in [2.45, 2.75) is 53.0 Å². The van der Waals surface area contributed by atoms with Gasteiger partial charge in [-0.15, -0.1) is 0 Å². The van der Waals surface area contributed by atoms with Crippen LogP contribution in [0.2, 0.25) is 0 Å². The molecule has 0 aromatic carbocycles. The molecule has 0 saturated carbocycles. The molecule has 3 heterocycles. The number of piperidine rings is 1. The van der Waals surface area contributed by atoms with Crippen molar-refractivity contribution in [3.8, 4) is 0 Å². The van der Waals surface area contributed by atoms with Crippen LogP contribution in [0, 0.1) is 13.8 Å². The Labute approximate surface area is 158 Å². The zero-order chi connectivity index (χ0) is 19.9. The van der Waals surface area contributed by atoms with Gasteiger partial charge in [0.1, 0.15) is 5.82 Å². The molecule has 2 aromatic heterocycles. The summed E-state index contributed by atoms with van der Waals surface area (Å²) < 4.78 is 3.04. The highest BCUT2D eigenvalue weighted by atomic mass is 16.2. The van der Waals surface area contributed by atoms with Crippen LogP contribution in [0.15, 0.2) is 4.79 Å². The Hall–Kier alpha value is -2.64. The second-order valence-electron chi connectivity index (χ2n) is 7.28. The van der Waals surface area contributed by atoms with Gasteiger partial charge in [-0.2, -0.15) is 5.10 Å². The first-order valence-electron chi connectivity index (χ1n) is 9.39. The summed E-state index contributed by atoms with van der Waals surface area (Å²) in [5.74, 6) is 0.629. The molecule has 27 heavy (non-hydrogen) atoms. The van der Waals surface area contributed by atoms with Crippen molar-refractivity contribution < 1.29 is 9.59 Å². The Morgan fingerprint density at radius 2 is 2.00 bits per heavy atom. The molecule has 1 amide bonds. The molecular weight excluding hydrogens is 346 g/mol. The molecule has 1 aliphatic heterocycles. The van der Waals surface area contributed by atoms with E-state index in [0.29, 0.717) is 42.1 Å². The lowest BCUT2D eigenvalue weighted by Gasteiger charge is -2.32. The van der Waals surface area contributed by atoms with E-state index in [2.05, 4.69) is 10.1 Å². The quantitative estimate of drug-likeness (QED) is 0.827. The van der Waals surface area contributed by atoms with Gasteiger partial charge in [-0.05, 0) is 39.2 Å². The molecule has 0 bridgehead atoms. The molecule has 1 fully saturated rings. The predicted octanol–water partition coefficient (Wildman–Crippen LogP) is 1.77. The summed E-state index contributed by atoms with van der Waals surface area (Å²) >= 11 is 0. The van der Waals surface area contributed by atoms with Gasteiger partial charge in [-0.3, -0.25) is 14.2 Å². The Morgan fingerprint density at radius 3 is 2.59 bits per heavy atom. The molecule has 1 saturated heterocycles. The van der Waals surface area contributed by atoms with E-state index in [1.165, 1.54) is 11.6 Å². The van der Waals surface area contributed by atoms with Gasteiger partial charge in [0.05, 0.1) is 11.3 Å². The molecular formula is C19H27N5O3. The number of aryl methyl sites for hydroxylation is 2. The number of aromatic amines is 1. The van der Waals surface area contributed by atoms with Crippen LogP contribution < -0.4 is 5.69 Å². The number of hydrogen-bond donors (Lipinski definition) is 1. The number of rotatable bonds is 4. The molecule has 0 radical (unpaired) electrons. The van der Waals surface area contributed by atoms with E-state index in [9.17, 15) is 14.4 Å². The number of nitrogens with zero attached hydrogens (tertiary/aromatic N) is 4. The van der Waals surface area contributed by atoms with Crippen LogP contribution in [0.3, 0.4) is 0 Å². The van der Waals surface area contributed by atoms with Gasteiger partial charge in [0.15, 0.2) is 5.78 Å². The number of carbonyl (C=O) groups excluding carboxylic acids is 2. The van der Waals surface area contributed by atoms with Gasteiger partial charge in [-0.1, -0.05) is 0 Å². The van der Waals surface area contributed by atoms with Crippen LogP contribution in [0.25, 0.3) is 0 Å². The molecule has 0 spiro atoms. The maximum atomic E-state index is 13.2. The zero-order valence-corrected chi connectivity index (χ0v) is 16.6. The molecule has 0 aliphatic carbocycles. The number of nitrogens with one attached hydrogen (secondary N) is 1. The molecule has 0 unspecified atom stereocenters. The molecule has 1 aliphatic rings.